The van der Waals surface area contributed by atoms with E-state index in [9.17, 15) is 0 Å². The highest BCUT2D eigenvalue weighted by molar-refractivity contribution is 5.59. The SMILES string of the molecule is N#CCCN1C=NCN(c2ccccc2)C1. The van der Waals surface area contributed by atoms with E-state index in [-0.39, 0.29) is 0 Å². The summed E-state index contributed by atoms with van der Waals surface area (Å²) in [5, 5.41) is 8.55. The minimum absolute atomic E-state index is 0.536. The highest BCUT2D eigenvalue weighted by atomic mass is 15.4. The maximum atomic E-state index is 8.55. The van der Waals surface area contributed by atoms with Gasteiger partial charge in [-0.3, -0.25) is 4.99 Å². The molecule has 1 aliphatic rings. The van der Waals surface area contributed by atoms with Crippen molar-refractivity contribution >= 4 is 12.0 Å². The maximum Gasteiger partial charge on any atom is 0.113 e. The van der Waals surface area contributed by atoms with E-state index in [1.165, 1.54) is 5.69 Å². The average molecular weight is 214 g/mol. The molecule has 0 saturated heterocycles. The van der Waals surface area contributed by atoms with Crippen LogP contribution in [0.25, 0.3) is 0 Å². The quantitative estimate of drug-likeness (QED) is 0.768. The lowest BCUT2D eigenvalue weighted by Crippen LogP contribution is -2.41. The Kier molecular flexibility index (Phi) is 3.39. The lowest BCUT2D eigenvalue weighted by molar-refractivity contribution is 0.415. The zero-order valence-corrected chi connectivity index (χ0v) is 9.08. The molecular weight excluding hydrogens is 200 g/mol. The molecule has 0 bridgehead atoms. The fourth-order valence-electron chi connectivity index (χ4n) is 1.68. The van der Waals surface area contributed by atoms with Gasteiger partial charge in [0.25, 0.3) is 0 Å². The summed E-state index contributed by atoms with van der Waals surface area (Å²) < 4.78 is 0. The normalized spacial score (nSPS) is 14.9. The van der Waals surface area contributed by atoms with Crippen LogP contribution in [0.1, 0.15) is 6.42 Å². The minimum atomic E-state index is 0.536. The summed E-state index contributed by atoms with van der Waals surface area (Å²) >= 11 is 0. The Balaban J connectivity index is 1.99. The molecule has 0 unspecified atom stereocenters. The van der Waals surface area contributed by atoms with Gasteiger partial charge in [-0.2, -0.15) is 5.26 Å². The summed E-state index contributed by atoms with van der Waals surface area (Å²) in [5.41, 5.74) is 1.17. The van der Waals surface area contributed by atoms with E-state index in [1.807, 2.05) is 24.5 Å². The van der Waals surface area contributed by atoms with Gasteiger partial charge in [-0.25, -0.2) is 0 Å². The Morgan fingerprint density at radius 3 is 2.88 bits per heavy atom. The van der Waals surface area contributed by atoms with Crippen LogP contribution < -0.4 is 4.90 Å². The number of anilines is 1. The first-order chi connectivity index (χ1) is 7.90. The molecular formula is C12H14N4. The smallest absolute Gasteiger partial charge is 0.113 e. The molecule has 0 aliphatic carbocycles. The van der Waals surface area contributed by atoms with Crippen LogP contribution in [0.3, 0.4) is 0 Å². The number of para-hydroxylation sites is 1. The van der Waals surface area contributed by atoms with Gasteiger partial charge in [0.05, 0.1) is 25.5 Å². The van der Waals surface area contributed by atoms with Crippen molar-refractivity contribution in [1.29, 1.82) is 5.26 Å². The van der Waals surface area contributed by atoms with E-state index in [0.29, 0.717) is 13.1 Å². The van der Waals surface area contributed by atoms with Gasteiger partial charge in [0, 0.05) is 12.2 Å². The molecule has 1 aromatic carbocycles. The van der Waals surface area contributed by atoms with Gasteiger partial charge in [-0.15, -0.1) is 0 Å². The van der Waals surface area contributed by atoms with E-state index in [2.05, 4.69) is 33.0 Å². The Hall–Kier alpha value is -2.02. The van der Waals surface area contributed by atoms with Gasteiger partial charge >= 0.3 is 0 Å². The number of hydrogen-bond donors (Lipinski definition) is 0. The molecule has 0 radical (unpaired) electrons. The molecule has 1 aromatic rings. The van der Waals surface area contributed by atoms with Gasteiger partial charge in [-0.1, -0.05) is 18.2 Å². The summed E-state index contributed by atoms with van der Waals surface area (Å²) in [5.74, 6) is 0. The molecule has 1 heterocycles. The van der Waals surface area contributed by atoms with Gasteiger partial charge in [-0.05, 0) is 12.1 Å². The molecule has 0 atom stereocenters. The second kappa shape index (κ2) is 5.17. The summed E-state index contributed by atoms with van der Waals surface area (Å²) in [4.78, 5) is 8.52. The van der Waals surface area contributed by atoms with Crippen molar-refractivity contribution in [1.82, 2.24) is 4.90 Å². The Labute approximate surface area is 95.4 Å². The van der Waals surface area contributed by atoms with Gasteiger partial charge in [0.1, 0.15) is 6.67 Å². The molecule has 0 fully saturated rings. The number of aliphatic imine (C=N–C) groups is 1. The highest BCUT2D eigenvalue weighted by Crippen LogP contribution is 2.15. The third-order valence-corrected chi connectivity index (χ3v) is 2.48. The molecule has 4 heteroatoms. The van der Waals surface area contributed by atoms with Crippen LogP contribution in [0.4, 0.5) is 5.69 Å². The van der Waals surface area contributed by atoms with Crippen molar-refractivity contribution in [2.75, 3.05) is 24.8 Å². The molecule has 0 N–H and O–H groups in total. The predicted octanol–water partition coefficient (Wildman–Crippen LogP) is 1.67. The summed E-state index contributed by atoms with van der Waals surface area (Å²) in [6.07, 6.45) is 2.37. The van der Waals surface area contributed by atoms with Crippen LogP contribution in [0.5, 0.6) is 0 Å². The molecule has 0 spiro atoms. The number of nitriles is 1. The molecule has 4 nitrogen and oxygen atoms in total. The fourth-order valence-corrected chi connectivity index (χ4v) is 1.68. The molecule has 2 rings (SSSR count). The molecule has 0 aromatic heterocycles. The topological polar surface area (TPSA) is 42.6 Å². The molecule has 0 saturated carbocycles. The lowest BCUT2D eigenvalue weighted by Gasteiger charge is -2.32. The van der Waals surface area contributed by atoms with Gasteiger partial charge < -0.3 is 9.80 Å². The van der Waals surface area contributed by atoms with Crippen molar-refractivity contribution in [3.05, 3.63) is 30.3 Å². The summed E-state index contributed by atoms with van der Waals surface area (Å²) in [6.45, 7) is 2.23. The van der Waals surface area contributed by atoms with Crippen LogP contribution in [-0.4, -0.2) is 31.1 Å². The lowest BCUT2D eigenvalue weighted by atomic mass is 10.3. The van der Waals surface area contributed by atoms with E-state index in [4.69, 9.17) is 5.26 Å². The second-order valence-electron chi connectivity index (χ2n) is 3.68. The maximum absolute atomic E-state index is 8.55. The third kappa shape index (κ3) is 2.51. The fraction of sp³-hybridized carbons (Fsp3) is 0.333. The van der Waals surface area contributed by atoms with Crippen LogP contribution in [0.15, 0.2) is 35.3 Å². The first-order valence-electron chi connectivity index (χ1n) is 5.31. The first kappa shape index (κ1) is 10.5. The molecule has 16 heavy (non-hydrogen) atoms. The minimum Gasteiger partial charge on any atom is -0.344 e. The van der Waals surface area contributed by atoms with Crippen molar-refractivity contribution in [3.63, 3.8) is 0 Å². The molecule has 1 aliphatic heterocycles. The Morgan fingerprint density at radius 2 is 2.12 bits per heavy atom. The Morgan fingerprint density at radius 1 is 1.31 bits per heavy atom. The molecule has 82 valence electrons. The number of hydrogen-bond acceptors (Lipinski definition) is 4. The van der Waals surface area contributed by atoms with Crippen LogP contribution in [0, 0.1) is 11.3 Å². The van der Waals surface area contributed by atoms with E-state index >= 15 is 0 Å². The summed E-state index contributed by atoms with van der Waals surface area (Å²) in [7, 11) is 0. The molecule has 0 amide bonds. The van der Waals surface area contributed by atoms with Crippen molar-refractivity contribution in [2.24, 2.45) is 4.99 Å². The second-order valence-corrected chi connectivity index (χ2v) is 3.68. The Bertz CT molecular complexity index is 393. The van der Waals surface area contributed by atoms with Crippen molar-refractivity contribution in [3.8, 4) is 6.07 Å². The summed E-state index contributed by atoms with van der Waals surface area (Å²) in [6, 6.07) is 12.3. The highest BCUT2D eigenvalue weighted by Gasteiger charge is 2.12. The first-order valence-corrected chi connectivity index (χ1v) is 5.31. The zero-order chi connectivity index (χ0) is 11.2. The monoisotopic (exact) mass is 214 g/mol. The van der Waals surface area contributed by atoms with E-state index in [0.717, 1.165) is 13.2 Å². The predicted molar refractivity (Wildman–Crippen MR) is 64.1 cm³/mol. The van der Waals surface area contributed by atoms with E-state index in [1.54, 1.807) is 0 Å². The van der Waals surface area contributed by atoms with Crippen molar-refractivity contribution in [2.45, 2.75) is 6.42 Å². The zero-order valence-electron chi connectivity index (χ0n) is 9.08. The van der Waals surface area contributed by atoms with E-state index < -0.39 is 0 Å². The standard InChI is InChI=1S/C12H14N4/c13-7-4-8-15-9-14-10-16(11-15)12-5-2-1-3-6-12/h1-3,5-6,9H,4,8,10-11H2. The number of nitrogens with zero attached hydrogens (tertiary/aromatic N) is 4. The average Bonchev–Trinajstić information content (AvgIpc) is 2.38. The van der Waals surface area contributed by atoms with Crippen LogP contribution in [0.2, 0.25) is 0 Å². The van der Waals surface area contributed by atoms with Crippen molar-refractivity contribution < 1.29 is 0 Å². The van der Waals surface area contributed by atoms with Gasteiger partial charge in [0.2, 0.25) is 0 Å². The third-order valence-electron chi connectivity index (χ3n) is 2.48. The number of benzene rings is 1. The van der Waals surface area contributed by atoms with Crippen LogP contribution >= 0.6 is 0 Å². The number of rotatable bonds is 3. The largest absolute Gasteiger partial charge is 0.344 e. The van der Waals surface area contributed by atoms with Gasteiger partial charge in [0.15, 0.2) is 0 Å². The van der Waals surface area contributed by atoms with Crippen LogP contribution in [-0.2, 0) is 0 Å².